The molecular formula is C29H32O6S. The fraction of sp³-hybridized carbons (Fsp3) is 0.310. The van der Waals surface area contributed by atoms with Crippen LogP contribution in [0.4, 0.5) is 0 Å². The Balaban J connectivity index is 2.02. The highest BCUT2D eigenvalue weighted by atomic mass is 32.1. The fourth-order valence-corrected chi connectivity index (χ4v) is 4.56. The largest absolute Gasteiger partial charge is 0.489 e. The summed E-state index contributed by atoms with van der Waals surface area (Å²) in [6.45, 7) is 6.07. The van der Waals surface area contributed by atoms with E-state index in [9.17, 15) is 14.7 Å². The standard InChI is InChI=1S/C29H32O6S/c1-5-22(29(31)32)15-26(24-9-7-6-8-19(24)2)35-27-16-23(34-17-21-12-13-36-18-21)10-11-25(27)20(3)14-28(30)33-4/h6-14,16,18,22,26H,5,15,17H2,1-4H3,(H,31,32). The van der Waals surface area contributed by atoms with Crippen molar-refractivity contribution in [3.63, 3.8) is 0 Å². The monoisotopic (exact) mass is 508 g/mol. The molecule has 2 unspecified atom stereocenters. The predicted molar refractivity (Wildman–Crippen MR) is 141 cm³/mol. The number of methoxy groups -OCH3 is 1. The van der Waals surface area contributed by atoms with Gasteiger partial charge in [-0.15, -0.1) is 0 Å². The number of aliphatic carboxylic acids is 1. The van der Waals surface area contributed by atoms with Gasteiger partial charge in [0.1, 0.15) is 24.2 Å². The van der Waals surface area contributed by atoms with Gasteiger partial charge in [-0.05, 0) is 71.5 Å². The van der Waals surface area contributed by atoms with Gasteiger partial charge in [0.15, 0.2) is 0 Å². The number of carbonyl (C=O) groups is 2. The van der Waals surface area contributed by atoms with Gasteiger partial charge in [0.2, 0.25) is 0 Å². The summed E-state index contributed by atoms with van der Waals surface area (Å²) in [5.74, 6) is -0.774. The SMILES string of the molecule is CCC(CC(Oc1cc(OCc2ccsc2)ccc1C(C)=CC(=O)OC)c1ccccc1C)C(=O)O. The number of hydrogen-bond acceptors (Lipinski definition) is 6. The molecule has 0 radical (unpaired) electrons. The van der Waals surface area contributed by atoms with Crippen LogP contribution in [-0.4, -0.2) is 24.2 Å². The molecule has 0 aliphatic rings. The number of ether oxygens (including phenoxy) is 3. The maximum atomic E-state index is 11.9. The van der Waals surface area contributed by atoms with Gasteiger partial charge in [-0.2, -0.15) is 11.3 Å². The summed E-state index contributed by atoms with van der Waals surface area (Å²) in [4.78, 5) is 23.8. The Morgan fingerprint density at radius 1 is 1.14 bits per heavy atom. The number of thiophene rings is 1. The zero-order chi connectivity index (χ0) is 26.1. The first-order chi connectivity index (χ1) is 17.3. The summed E-state index contributed by atoms with van der Waals surface area (Å²) in [7, 11) is 1.33. The molecule has 1 N–H and O–H groups in total. The molecule has 0 aliphatic heterocycles. The first kappa shape index (κ1) is 27.0. The predicted octanol–water partition coefficient (Wildman–Crippen LogP) is 6.83. The first-order valence-corrected chi connectivity index (χ1v) is 12.8. The van der Waals surface area contributed by atoms with Crippen molar-refractivity contribution in [2.45, 2.75) is 46.3 Å². The molecule has 0 saturated heterocycles. The summed E-state index contributed by atoms with van der Waals surface area (Å²) in [5.41, 5.74) is 4.36. The van der Waals surface area contributed by atoms with Crippen molar-refractivity contribution in [3.8, 4) is 11.5 Å². The molecule has 3 rings (SSSR count). The maximum absolute atomic E-state index is 11.9. The topological polar surface area (TPSA) is 82.1 Å². The van der Waals surface area contributed by atoms with Crippen LogP contribution in [0, 0.1) is 12.8 Å². The minimum Gasteiger partial charge on any atom is -0.489 e. The Labute approximate surface area is 216 Å². The van der Waals surface area contributed by atoms with Gasteiger partial charge in [-0.1, -0.05) is 31.2 Å². The van der Waals surface area contributed by atoms with E-state index in [-0.39, 0.29) is 0 Å². The molecule has 0 saturated carbocycles. The number of aryl methyl sites for hydroxylation is 1. The van der Waals surface area contributed by atoms with E-state index in [1.807, 2.05) is 67.1 Å². The smallest absolute Gasteiger partial charge is 0.330 e. The van der Waals surface area contributed by atoms with Crippen molar-refractivity contribution >= 4 is 28.8 Å². The van der Waals surface area contributed by atoms with Crippen molar-refractivity contribution in [2.75, 3.05) is 7.11 Å². The lowest BCUT2D eigenvalue weighted by molar-refractivity contribution is -0.142. The summed E-state index contributed by atoms with van der Waals surface area (Å²) in [6, 6.07) is 15.3. The third kappa shape index (κ3) is 7.21. The Morgan fingerprint density at radius 2 is 1.92 bits per heavy atom. The van der Waals surface area contributed by atoms with E-state index in [0.29, 0.717) is 42.1 Å². The maximum Gasteiger partial charge on any atom is 0.330 e. The summed E-state index contributed by atoms with van der Waals surface area (Å²) >= 11 is 1.61. The molecule has 1 aromatic heterocycles. The van der Waals surface area contributed by atoms with E-state index < -0.39 is 24.0 Å². The Kier molecular flexibility index (Phi) is 9.70. The second kappa shape index (κ2) is 12.9. The Hall–Kier alpha value is -3.58. The van der Waals surface area contributed by atoms with Crippen molar-refractivity contribution in [2.24, 2.45) is 5.92 Å². The normalized spacial score (nSPS) is 13.1. The van der Waals surface area contributed by atoms with E-state index in [2.05, 4.69) is 0 Å². The molecule has 0 amide bonds. The number of hydrogen-bond donors (Lipinski definition) is 1. The molecule has 2 atom stereocenters. The van der Waals surface area contributed by atoms with Gasteiger partial charge in [0.05, 0.1) is 13.0 Å². The summed E-state index contributed by atoms with van der Waals surface area (Å²) < 4.78 is 17.4. The van der Waals surface area contributed by atoms with Gasteiger partial charge >= 0.3 is 11.9 Å². The molecule has 0 bridgehead atoms. The summed E-state index contributed by atoms with van der Waals surface area (Å²) in [5, 5.41) is 13.8. The van der Waals surface area contributed by atoms with Crippen LogP contribution in [0.5, 0.6) is 11.5 Å². The van der Waals surface area contributed by atoms with Crippen LogP contribution in [0.3, 0.4) is 0 Å². The number of carboxylic acids is 1. The van der Waals surface area contributed by atoms with Crippen LogP contribution in [0.25, 0.3) is 5.57 Å². The van der Waals surface area contributed by atoms with E-state index in [1.54, 1.807) is 24.3 Å². The lowest BCUT2D eigenvalue weighted by atomic mass is 9.92. The van der Waals surface area contributed by atoms with Gasteiger partial charge in [0, 0.05) is 24.1 Å². The molecular weight excluding hydrogens is 476 g/mol. The number of benzene rings is 2. The van der Waals surface area contributed by atoms with Crippen molar-refractivity contribution < 1.29 is 28.9 Å². The highest BCUT2D eigenvalue weighted by Crippen LogP contribution is 2.37. The second-order valence-electron chi connectivity index (χ2n) is 8.57. The number of allylic oxidation sites excluding steroid dienone is 1. The van der Waals surface area contributed by atoms with Crippen LogP contribution in [-0.2, 0) is 20.9 Å². The molecule has 190 valence electrons. The van der Waals surface area contributed by atoms with E-state index in [1.165, 1.54) is 13.2 Å². The van der Waals surface area contributed by atoms with Gasteiger partial charge in [0.25, 0.3) is 0 Å². The van der Waals surface area contributed by atoms with Crippen LogP contribution < -0.4 is 9.47 Å². The van der Waals surface area contributed by atoms with Crippen molar-refractivity contribution in [1.82, 2.24) is 0 Å². The van der Waals surface area contributed by atoms with Crippen molar-refractivity contribution in [3.05, 3.63) is 87.6 Å². The number of rotatable bonds is 12. The highest BCUT2D eigenvalue weighted by Gasteiger charge is 2.26. The Bertz CT molecular complexity index is 1200. The van der Waals surface area contributed by atoms with Gasteiger partial charge < -0.3 is 19.3 Å². The Morgan fingerprint density at radius 3 is 2.56 bits per heavy atom. The summed E-state index contributed by atoms with van der Waals surface area (Å²) in [6.07, 6.45) is 1.68. The minimum atomic E-state index is -0.852. The average Bonchev–Trinajstić information content (AvgIpc) is 3.39. The molecule has 3 aromatic rings. The number of carbonyl (C=O) groups excluding carboxylic acids is 1. The van der Waals surface area contributed by atoms with Gasteiger partial charge in [-0.25, -0.2) is 4.79 Å². The quantitative estimate of drug-likeness (QED) is 0.213. The number of esters is 1. The van der Waals surface area contributed by atoms with E-state index in [0.717, 1.165) is 16.7 Å². The molecule has 0 spiro atoms. The molecule has 7 heteroatoms. The molecule has 2 aromatic carbocycles. The third-order valence-corrected chi connectivity index (χ3v) is 6.78. The first-order valence-electron chi connectivity index (χ1n) is 11.8. The van der Waals surface area contributed by atoms with Gasteiger partial charge in [-0.3, -0.25) is 4.79 Å². The molecule has 36 heavy (non-hydrogen) atoms. The second-order valence-corrected chi connectivity index (χ2v) is 9.35. The lowest BCUT2D eigenvalue weighted by Crippen LogP contribution is -2.20. The molecule has 1 heterocycles. The third-order valence-electron chi connectivity index (χ3n) is 6.04. The van der Waals surface area contributed by atoms with E-state index in [4.69, 9.17) is 14.2 Å². The van der Waals surface area contributed by atoms with Crippen LogP contribution >= 0.6 is 11.3 Å². The fourth-order valence-electron chi connectivity index (χ4n) is 3.91. The molecule has 6 nitrogen and oxygen atoms in total. The van der Waals surface area contributed by atoms with E-state index >= 15 is 0 Å². The minimum absolute atomic E-state index is 0.301. The van der Waals surface area contributed by atoms with Crippen LogP contribution in [0.2, 0.25) is 0 Å². The zero-order valence-electron chi connectivity index (χ0n) is 21.0. The lowest BCUT2D eigenvalue weighted by Gasteiger charge is -2.25. The van der Waals surface area contributed by atoms with Crippen molar-refractivity contribution in [1.29, 1.82) is 0 Å². The number of carboxylic acid groups (broad SMARTS) is 1. The van der Waals surface area contributed by atoms with Crippen LogP contribution in [0.1, 0.15) is 55.0 Å². The zero-order valence-corrected chi connectivity index (χ0v) is 21.8. The molecule has 0 fully saturated rings. The average molecular weight is 509 g/mol. The highest BCUT2D eigenvalue weighted by molar-refractivity contribution is 7.07. The molecule has 0 aliphatic carbocycles. The van der Waals surface area contributed by atoms with Crippen LogP contribution in [0.15, 0.2) is 65.4 Å².